The highest BCUT2D eigenvalue weighted by atomic mass is 16.4. The fraction of sp³-hybridized carbons (Fsp3) is 0.909. The zero-order valence-corrected chi connectivity index (χ0v) is 9.78. The first-order chi connectivity index (χ1) is 7.04. The number of rotatable bonds is 7. The Hall–Kier alpha value is -0.610. The lowest BCUT2D eigenvalue weighted by molar-refractivity contribution is -0.134. The van der Waals surface area contributed by atoms with Crippen molar-refractivity contribution in [3.8, 4) is 0 Å². The molecular formula is C11H24O4. The fourth-order valence-electron chi connectivity index (χ4n) is 1.10. The van der Waals surface area contributed by atoms with Crippen molar-refractivity contribution in [3.63, 3.8) is 0 Å². The molecule has 0 aromatic heterocycles. The lowest BCUT2D eigenvalue weighted by Gasteiger charge is -2.07. The molecule has 0 fully saturated rings. The van der Waals surface area contributed by atoms with E-state index < -0.39 is 5.97 Å². The van der Waals surface area contributed by atoms with E-state index in [2.05, 4.69) is 6.92 Å². The van der Waals surface area contributed by atoms with Crippen molar-refractivity contribution in [3.05, 3.63) is 0 Å². The normalized spacial score (nSPS) is 11.5. The average molecular weight is 220 g/mol. The van der Waals surface area contributed by atoms with E-state index in [1.165, 1.54) is 19.3 Å². The number of aliphatic hydroxyl groups is 2. The molecule has 0 rings (SSSR count). The summed E-state index contributed by atoms with van der Waals surface area (Å²) in [4.78, 5) is 9.00. The quantitative estimate of drug-likeness (QED) is 0.572. The molecule has 4 heteroatoms. The smallest absolute Gasteiger partial charge is 0.300 e. The monoisotopic (exact) mass is 220 g/mol. The lowest BCUT2D eigenvalue weighted by atomic mass is 10.1. The Morgan fingerprint density at radius 3 is 2.13 bits per heavy atom. The van der Waals surface area contributed by atoms with Gasteiger partial charge in [0.15, 0.2) is 0 Å². The maximum absolute atomic E-state index is 9.19. The largest absolute Gasteiger partial charge is 0.481 e. The van der Waals surface area contributed by atoms with Gasteiger partial charge in [-0.15, -0.1) is 0 Å². The zero-order valence-electron chi connectivity index (χ0n) is 9.78. The summed E-state index contributed by atoms with van der Waals surface area (Å²) in [5, 5.41) is 25.1. The molecule has 0 saturated carbocycles. The number of hydrogen-bond acceptors (Lipinski definition) is 3. The van der Waals surface area contributed by atoms with Gasteiger partial charge in [-0.3, -0.25) is 4.79 Å². The van der Waals surface area contributed by atoms with Gasteiger partial charge in [0.2, 0.25) is 0 Å². The number of hydrogen-bond donors (Lipinski definition) is 3. The highest BCUT2D eigenvalue weighted by molar-refractivity contribution is 5.62. The van der Waals surface area contributed by atoms with Crippen LogP contribution in [0.4, 0.5) is 0 Å². The molecule has 1 unspecified atom stereocenters. The van der Waals surface area contributed by atoms with E-state index in [9.17, 15) is 5.11 Å². The third kappa shape index (κ3) is 24.7. The van der Waals surface area contributed by atoms with E-state index in [-0.39, 0.29) is 12.7 Å². The topological polar surface area (TPSA) is 77.8 Å². The fourth-order valence-corrected chi connectivity index (χ4v) is 1.10. The molecule has 0 aliphatic rings. The SMILES string of the molecule is CC(=O)O.CCCCCCC(O)CCO. The van der Waals surface area contributed by atoms with Gasteiger partial charge in [0.25, 0.3) is 5.97 Å². The van der Waals surface area contributed by atoms with Gasteiger partial charge in [-0.05, 0) is 12.8 Å². The molecule has 4 nitrogen and oxygen atoms in total. The summed E-state index contributed by atoms with van der Waals surface area (Å²) in [5.41, 5.74) is 0. The molecule has 0 saturated heterocycles. The third-order valence-corrected chi connectivity index (χ3v) is 1.85. The second-order valence-corrected chi connectivity index (χ2v) is 3.53. The highest BCUT2D eigenvalue weighted by Gasteiger charge is 2.01. The molecule has 0 aliphatic carbocycles. The van der Waals surface area contributed by atoms with Gasteiger partial charge in [-0.2, -0.15) is 0 Å². The summed E-state index contributed by atoms with van der Waals surface area (Å²) < 4.78 is 0. The van der Waals surface area contributed by atoms with E-state index in [4.69, 9.17) is 15.0 Å². The Bertz CT molecular complexity index is 133. The van der Waals surface area contributed by atoms with Crippen LogP contribution in [0.25, 0.3) is 0 Å². The zero-order chi connectivity index (χ0) is 12.1. The van der Waals surface area contributed by atoms with E-state index in [1.807, 2.05) is 0 Å². The predicted molar refractivity (Wildman–Crippen MR) is 59.8 cm³/mol. The molecule has 92 valence electrons. The lowest BCUT2D eigenvalue weighted by Crippen LogP contribution is -2.08. The van der Waals surface area contributed by atoms with E-state index in [0.717, 1.165) is 19.8 Å². The molecule has 0 aromatic carbocycles. The molecule has 0 radical (unpaired) electrons. The number of carbonyl (C=O) groups is 1. The summed E-state index contributed by atoms with van der Waals surface area (Å²) in [5.74, 6) is -0.833. The van der Waals surface area contributed by atoms with Crippen molar-refractivity contribution < 1.29 is 20.1 Å². The summed E-state index contributed by atoms with van der Waals surface area (Å²) in [6.07, 6.45) is 5.89. The summed E-state index contributed by atoms with van der Waals surface area (Å²) >= 11 is 0. The average Bonchev–Trinajstić information content (AvgIpc) is 2.12. The minimum Gasteiger partial charge on any atom is -0.481 e. The molecule has 1 atom stereocenters. The second kappa shape index (κ2) is 13.4. The Kier molecular flexibility index (Phi) is 15.0. The minimum atomic E-state index is -0.833. The van der Waals surface area contributed by atoms with Crippen molar-refractivity contribution >= 4 is 5.97 Å². The van der Waals surface area contributed by atoms with Gasteiger partial charge in [-0.1, -0.05) is 32.6 Å². The van der Waals surface area contributed by atoms with Crippen LogP contribution < -0.4 is 0 Å². The van der Waals surface area contributed by atoms with Crippen LogP contribution in [0.1, 0.15) is 52.4 Å². The number of carboxylic acid groups (broad SMARTS) is 1. The second-order valence-electron chi connectivity index (χ2n) is 3.53. The summed E-state index contributed by atoms with van der Waals surface area (Å²) in [6, 6.07) is 0. The van der Waals surface area contributed by atoms with Crippen LogP contribution in [0.2, 0.25) is 0 Å². The molecule has 0 spiro atoms. The Labute approximate surface area is 91.9 Å². The molecule has 0 aliphatic heterocycles. The van der Waals surface area contributed by atoms with Gasteiger partial charge in [0.05, 0.1) is 6.10 Å². The van der Waals surface area contributed by atoms with Crippen molar-refractivity contribution in [1.29, 1.82) is 0 Å². The van der Waals surface area contributed by atoms with E-state index in [1.54, 1.807) is 0 Å². The number of aliphatic carboxylic acids is 1. The predicted octanol–water partition coefficient (Wildman–Crippen LogP) is 1.79. The van der Waals surface area contributed by atoms with Gasteiger partial charge in [0.1, 0.15) is 0 Å². The Morgan fingerprint density at radius 2 is 1.73 bits per heavy atom. The number of aliphatic hydroxyl groups excluding tert-OH is 2. The molecule has 15 heavy (non-hydrogen) atoms. The van der Waals surface area contributed by atoms with Gasteiger partial charge in [-0.25, -0.2) is 0 Å². The minimum absolute atomic E-state index is 0.106. The first kappa shape index (κ1) is 16.8. The van der Waals surface area contributed by atoms with Crippen LogP contribution in [0, 0.1) is 0 Å². The van der Waals surface area contributed by atoms with Crippen LogP contribution in [0.3, 0.4) is 0 Å². The Morgan fingerprint density at radius 1 is 1.20 bits per heavy atom. The van der Waals surface area contributed by atoms with Crippen molar-refractivity contribution in [2.75, 3.05) is 6.61 Å². The molecule has 0 bridgehead atoms. The van der Waals surface area contributed by atoms with Gasteiger partial charge >= 0.3 is 0 Å². The van der Waals surface area contributed by atoms with Crippen LogP contribution >= 0.6 is 0 Å². The number of unbranched alkanes of at least 4 members (excludes halogenated alkanes) is 3. The van der Waals surface area contributed by atoms with Crippen LogP contribution in [0.15, 0.2) is 0 Å². The first-order valence-electron chi connectivity index (χ1n) is 5.53. The standard InChI is InChI=1S/C9H20O2.C2H4O2/c1-2-3-4-5-6-9(11)7-8-10;1-2(3)4/h9-11H,2-8H2,1H3;1H3,(H,3,4). The number of carboxylic acids is 1. The van der Waals surface area contributed by atoms with Gasteiger partial charge < -0.3 is 15.3 Å². The van der Waals surface area contributed by atoms with Crippen molar-refractivity contribution in [2.24, 2.45) is 0 Å². The van der Waals surface area contributed by atoms with E-state index >= 15 is 0 Å². The first-order valence-corrected chi connectivity index (χ1v) is 5.53. The van der Waals surface area contributed by atoms with Crippen LogP contribution in [0.5, 0.6) is 0 Å². The maximum atomic E-state index is 9.19. The molecule has 3 N–H and O–H groups in total. The highest BCUT2D eigenvalue weighted by Crippen LogP contribution is 2.06. The molecule has 0 amide bonds. The maximum Gasteiger partial charge on any atom is 0.300 e. The van der Waals surface area contributed by atoms with Crippen LogP contribution in [-0.4, -0.2) is 34.0 Å². The summed E-state index contributed by atoms with van der Waals surface area (Å²) in [6.45, 7) is 3.36. The van der Waals surface area contributed by atoms with Crippen molar-refractivity contribution in [2.45, 2.75) is 58.5 Å². The van der Waals surface area contributed by atoms with E-state index in [0.29, 0.717) is 6.42 Å². The molecule has 0 aromatic rings. The van der Waals surface area contributed by atoms with Crippen molar-refractivity contribution in [1.82, 2.24) is 0 Å². The van der Waals surface area contributed by atoms with Crippen LogP contribution in [-0.2, 0) is 4.79 Å². The third-order valence-electron chi connectivity index (χ3n) is 1.85. The van der Waals surface area contributed by atoms with Gasteiger partial charge in [0, 0.05) is 13.5 Å². The Balaban J connectivity index is 0. The molecular weight excluding hydrogens is 196 g/mol. The molecule has 0 heterocycles. The summed E-state index contributed by atoms with van der Waals surface area (Å²) in [7, 11) is 0.